The number of carbonyl (C=O) groups excluding carboxylic acids is 2. The van der Waals surface area contributed by atoms with Crippen molar-refractivity contribution >= 4 is 17.7 Å². The van der Waals surface area contributed by atoms with Crippen LogP contribution in [0.4, 0.5) is 0 Å². The van der Waals surface area contributed by atoms with E-state index in [4.69, 9.17) is 24.8 Å². The molecular formula is C20H23N3O6. The van der Waals surface area contributed by atoms with Crippen LogP contribution in [-0.4, -0.2) is 45.6 Å². The zero-order valence-electron chi connectivity index (χ0n) is 16.4. The molecule has 0 aliphatic heterocycles. The first-order valence-corrected chi connectivity index (χ1v) is 8.66. The summed E-state index contributed by atoms with van der Waals surface area (Å²) in [6.07, 6.45) is -0.0710. The van der Waals surface area contributed by atoms with Gasteiger partial charge in [0.2, 0.25) is 0 Å². The van der Waals surface area contributed by atoms with Gasteiger partial charge < -0.3 is 30.1 Å². The van der Waals surface area contributed by atoms with Crippen molar-refractivity contribution in [1.29, 1.82) is 0 Å². The van der Waals surface area contributed by atoms with Gasteiger partial charge in [0.1, 0.15) is 5.75 Å². The predicted molar refractivity (Wildman–Crippen MR) is 106 cm³/mol. The molecule has 0 saturated heterocycles. The minimum absolute atomic E-state index is 0.0513. The summed E-state index contributed by atoms with van der Waals surface area (Å²) >= 11 is 0. The molecule has 1 amide bonds. The normalized spacial score (nSPS) is 10.8. The van der Waals surface area contributed by atoms with Gasteiger partial charge in [-0.3, -0.25) is 4.79 Å². The van der Waals surface area contributed by atoms with Crippen molar-refractivity contribution in [1.82, 2.24) is 5.32 Å². The van der Waals surface area contributed by atoms with Gasteiger partial charge in [-0.05, 0) is 42.5 Å². The summed E-state index contributed by atoms with van der Waals surface area (Å²) in [4.78, 5) is 28.7. The van der Waals surface area contributed by atoms with Crippen LogP contribution in [0.1, 0.15) is 22.3 Å². The summed E-state index contributed by atoms with van der Waals surface area (Å²) in [5, 5.41) is 6.23. The van der Waals surface area contributed by atoms with Gasteiger partial charge in [-0.2, -0.15) is 0 Å². The summed E-state index contributed by atoms with van der Waals surface area (Å²) in [5.74, 6) is 0.677. The first-order valence-electron chi connectivity index (χ1n) is 8.66. The van der Waals surface area contributed by atoms with E-state index < -0.39 is 5.97 Å². The summed E-state index contributed by atoms with van der Waals surface area (Å²) < 4.78 is 15.3. The third kappa shape index (κ3) is 6.13. The van der Waals surface area contributed by atoms with Crippen LogP contribution in [0.2, 0.25) is 0 Å². The molecule has 0 radical (unpaired) electrons. The van der Waals surface area contributed by atoms with Crippen LogP contribution in [-0.2, 0) is 9.63 Å². The number of ether oxygens (including phenoxy) is 3. The Balaban J connectivity index is 1.82. The van der Waals surface area contributed by atoms with Gasteiger partial charge in [0.25, 0.3) is 5.91 Å². The van der Waals surface area contributed by atoms with Gasteiger partial charge >= 0.3 is 5.97 Å². The molecule has 0 aromatic heterocycles. The maximum atomic E-state index is 12.2. The molecule has 0 heterocycles. The van der Waals surface area contributed by atoms with Crippen LogP contribution in [0.25, 0.3) is 0 Å². The maximum Gasteiger partial charge on any atom is 0.336 e. The fourth-order valence-corrected chi connectivity index (χ4v) is 2.32. The number of oxime groups is 1. The average Bonchev–Trinajstić information content (AvgIpc) is 2.76. The van der Waals surface area contributed by atoms with Crippen molar-refractivity contribution in [3.05, 3.63) is 53.6 Å². The second-order valence-electron chi connectivity index (χ2n) is 5.74. The van der Waals surface area contributed by atoms with Gasteiger partial charge in [-0.25, -0.2) is 4.79 Å². The van der Waals surface area contributed by atoms with E-state index in [0.717, 1.165) is 0 Å². The van der Waals surface area contributed by atoms with E-state index in [1.165, 1.54) is 14.2 Å². The lowest BCUT2D eigenvalue weighted by Gasteiger charge is -2.09. The number of hydrogen-bond donors (Lipinski definition) is 2. The smallest absolute Gasteiger partial charge is 0.336 e. The van der Waals surface area contributed by atoms with Crippen LogP contribution in [0.15, 0.2) is 47.6 Å². The number of methoxy groups -OCH3 is 3. The fraction of sp³-hybridized carbons (Fsp3) is 0.250. The zero-order valence-corrected chi connectivity index (χ0v) is 16.4. The van der Waals surface area contributed by atoms with E-state index in [1.54, 1.807) is 49.6 Å². The number of benzene rings is 2. The largest absolute Gasteiger partial charge is 0.497 e. The Kier molecular flexibility index (Phi) is 7.84. The number of rotatable bonds is 9. The monoisotopic (exact) mass is 401 g/mol. The van der Waals surface area contributed by atoms with E-state index in [0.29, 0.717) is 28.4 Å². The second kappa shape index (κ2) is 10.5. The Bertz CT molecular complexity index is 880. The molecule has 0 spiro atoms. The van der Waals surface area contributed by atoms with Gasteiger partial charge in [0, 0.05) is 17.7 Å². The van der Waals surface area contributed by atoms with Crippen molar-refractivity contribution in [2.45, 2.75) is 6.42 Å². The molecule has 154 valence electrons. The number of nitrogens with two attached hydrogens (primary N) is 1. The average molecular weight is 401 g/mol. The standard InChI is InChI=1S/C20H23N3O6/c1-26-15-7-4-13(5-8-15)19(21)23-29-18(24)10-11-22-20(25)14-6-9-16(27-2)17(12-14)28-3/h4-9,12H,10-11H2,1-3H3,(H2,21,23)(H,22,25). The summed E-state index contributed by atoms with van der Waals surface area (Å²) in [7, 11) is 4.54. The van der Waals surface area contributed by atoms with E-state index in [1.807, 2.05) is 0 Å². The summed E-state index contributed by atoms with van der Waals surface area (Å²) in [6, 6.07) is 11.6. The Morgan fingerprint density at radius 2 is 1.59 bits per heavy atom. The number of amides is 1. The van der Waals surface area contributed by atoms with Crippen LogP contribution in [0, 0.1) is 0 Å². The first kappa shape index (κ1) is 21.5. The fourth-order valence-electron chi connectivity index (χ4n) is 2.32. The SMILES string of the molecule is COc1ccc(/C(N)=N/OC(=O)CCNC(=O)c2ccc(OC)c(OC)c2)cc1. The highest BCUT2D eigenvalue weighted by atomic mass is 16.7. The molecule has 9 heteroatoms. The molecule has 29 heavy (non-hydrogen) atoms. The lowest BCUT2D eigenvalue weighted by molar-refractivity contribution is -0.143. The summed E-state index contributed by atoms with van der Waals surface area (Å²) in [5.41, 5.74) is 6.74. The minimum atomic E-state index is -0.630. The van der Waals surface area contributed by atoms with E-state index in [9.17, 15) is 9.59 Å². The van der Waals surface area contributed by atoms with Crippen molar-refractivity contribution in [3.8, 4) is 17.2 Å². The minimum Gasteiger partial charge on any atom is -0.497 e. The van der Waals surface area contributed by atoms with Crippen LogP contribution in [0.5, 0.6) is 17.2 Å². The number of carbonyl (C=O) groups is 2. The molecule has 0 saturated carbocycles. The molecular weight excluding hydrogens is 378 g/mol. The van der Waals surface area contributed by atoms with Crippen molar-refractivity contribution in [2.75, 3.05) is 27.9 Å². The van der Waals surface area contributed by atoms with Crippen molar-refractivity contribution in [3.63, 3.8) is 0 Å². The number of nitrogens with one attached hydrogen (secondary N) is 1. The van der Waals surface area contributed by atoms with Gasteiger partial charge in [-0.1, -0.05) is 5.16 Å². The molecule has 0 unspecified atom stereocenters. The molecule has 2 aromatic carbocycles. The third-order valence-electron chi connectivity index (χ3n) is 3.89. The number of hydrogen-bond acceptors (Lipinski definition) is 7. The highest BCUT2D eigenvalue weighted by Crippen LogP contribution is 2.27. The van der Waals surface area contributed by atoms with Crippen LogP contribution in [0.3, 0.4) is 0 Å². The van der Waals surface area contributed by atoms with E-state index in [-0.39, 0.29) is 24.7 Å². The van der Waals surface area contributed by atoms with Crippen molar-refractivity contribution in [2.24, 2.45) is 10.9 Å². The molecule has 2 aromatic rings. The molecule has 3 N–H and O–H groups in total. The van der Waals surface area contributed by atoms with Gasteiger partial charge in [0.05, 0.1) is 27.8 Å². The predicted octanol–water partition coefficient (Wildman–Crippen LogP) is 1.70. The zero-order chi connectivity index (χ0) is 21.2. The lowest BCUT2D eigenvalue weighted by atomic mass is 10.2. The highest BCUT2D eigenvalue weighted by Gasteiger charge is 2.11. The lowest BCUT2D eigenvalue weighted by Crippen LogP contribution is -2.26. The number of amidine groups is 1. The maximum absolute atomic E-state index is 12.2. The molecule has 0 fully saturated rings. The molecule has 9 nitrogen and oxygen atoms in total. The molecule has 0 bridgehead atoms. The van der Waals surface area contributed by atoms with Crippen LogP contribution < -0.4 is 25.3 Å². The topological polar surface area (TPSA) is 121 Å². The second-order valence-corrected chi connectivity index (χ2v) is 5.74. The third-order valence-corrected chi connectivity index (χ3v) is 3.89. The number of nitrogens with zero attached hydrogens (tertiary/aromatic N) is 1. The molecule has 2 rings (SSSR count). The van der Waals surface area contributed by atoms with Crippen LogP contribution >= 0.6 is 0 Å². The Hall–Kier alpha value is -3.75. The van der Waals surface area contributed by atoms with E-state index >= 15 is 0 Å². The van der Waals surface area contributed by atoms with E-state index in [2.05, 4.69) is 10.5 Å². The Labute approximate surface area is 168 Å². The molecule has 0 aliphatic carbocycles. The highest BCUT2D eigenvalue weighted by molar-refractivity contribution is 5.97. The Morgan fingerprint density at radius 1 is 0.931 bits per heavy atom. The summed E-state index contributed by atoms with van der Waals surface area (Å²) in [6.45, 7) is 0.0734. The first-order chi connectivity index (χ1) is 14.0. The van der Waals surface area contributed by atoms with Gasteiger partial charge in [-0.15, -0.1) is 0 Å². The quantitative estimate of drug-likeness (QED) is 0.284. The Morgan fingerprint density at radius 3 is 2.21 bits per heavy atom. The molecule has 0 aliphatic rings. The van der Waals surface area contributed by atoms with Gasteiger partial charge in [0.15, 0.2) is 17.3 Å². The van der Waals surface area contributed by atoms with Crippen molar-refractivity contribution < 1.29 is 28.6 Å². The molecule has 0 atom stereocenters.